The highest BCUT2D eigenvalue weighted by atomic mass is 35.5. The summed E-state index contributed by atoms with van der Waals surface area (Å²) in [5, 5.41) is 0.865. The fourth-order valence-electron chi connectivity index (χ4n) is 2.56. The molecule has 0 bridgehead atoms. The van der Waals surface area contributed by atoms with Crippen LogP contribution in [-0.2, 0) is 15.7 Å². The van der Waals surface area contributed by atoms with Crippen LogP contribution in [0.25, 0.3) is 0 Å². The molecule has 0 atom stereocenters. The van der Waals surface area contributed by atoms with Crippen LogP contribution in [0.1, 0.15) is 58.6 Å². The van der Waals surface area contributed by atoms with E-state index in [1.165, 1.54) is 0 Å². The van der Waals surface area contributed by atoms with Crippen molar-refractivity contribution in [1.82, 2.24) is 4.98 Å². The van der Waals surface area contributed by atoms with Gasteiger partial charge in [0.1, 0.15) is 10.3 Å². The van der Waals surface area contributed by atoms with E-state index in [9.17, 15) is 0 Å². The molecule has 1 aliphatic heterocycles. The Bertz CT molecular complexity index is 560. The number of unbranched alkanes of at least 4 members (excludes halogenated alkanes) is 1. The van der Waals surface area contributed by atoms with Gasteiger partial charge in [-0.05, 0) is 64.1 Å². The number of hydrogen-bond donors (Lipinski definition) is 0. The van der Waals surface area contributed by atoms with Gasteiger partial charge in [-0.1, -0.05) is 36.5 Å². The zero-order valence-electron chi connectivity index (χ0n) is 14.2. The van der Waals surface area contributed by atoms with Crippen molar-refractivity contribution in [2.75, 3.05) is 0 Å². The number of pyridine rings is 1. The van der Waals surface area contributed by atoms with Crippen molar-refractivity contribution in [3.8, 4) is 0 Å². The van der Waals surface area contributed by atoms with Crippen molar-refractivity contribution in [1.29, 1.82) is 0 Å². The van der Waals surface area contributed by atoms with E-state index in [-0.39, 0.29) is 0 Å². The zero-order chi connectivity index (χ0) is 16.7. The standard InChI is InChI=1S/C16H24BCl2NO2/c1-7-8-9-11-12(10(2)13(18)20-14(11)19)17-21-15(3,4)16(5,6)22-17/h7-9H2,1-6H3. The average Bonchev–Trinajstić information content (AvgIpc) is 2.60. The Morgan fingerprint density at radius 2 is 1.59 bits per heavy atom. The van der Waals surface area contributed by atoms with E-state index in [4.69, 9.17) is 32.5 Å². The monoisotopic (exact) mass is 343 g/mol. The topological polar surface area (TPSA) is 31.4 Å². The number of aromatic nitrogens is 1. The summed E-state index contributed by atoms with van der Waals surface area (Å²) in [4.78, 5) is 4.25. The van der Waals surface area contributed by atoms with Crippen molar-refractivity contribution >= 4 is 35.8 Å². The van der Waals surface area contributed by atoms with E-state index < -0.39 is 18.3 Å². The Morgan fingerprint density at radius 1 is 1.05 bits per heavy atom. The third-order valence-electron chi connectivity index (χ3n) is 4.75. The number of halogens is 2. The Hall–Kier alpha value is -0.285. The summed E-state index contributed by atoms with van der Waals surface area (Å²) < 4.78 is 12.4. The first-order valence-corrected chi connectivity index (χ1v) is 8.56. The largest absolute Gasteiger partial charge is 0.495 e. The lowest BCUT2D eigenvalue weighted by Gasteiger charge is -2.32. The molecule has 2 rings (SSSR count). The lowest BCUT2D eigenvalue weighted by Crippen LogP contribution is -2.41. The van der Waals surface area contributed by atoms with Crippen LogP contribution in [0.2, 0.25) is 10.3 Å². The zero-order valence-corrected chi connectivity index (χ0v) is 15.7. The molecule has 1 aromatic heterocycles. The molecule has 122 valence electrons. The molecule has 3 nitrogen and oxygen atoms in total. The first-order valence-electron chi connectivity index (χ1n) is 7.80. The van der Waals surface area contributed by atoms with Gasteiger partial charge in [0.15, 0.2) is 0 Å². The number of hydrogen-bond acceptors (Lipinski definition) is 3. The van der Waals surface area contributed by atoms with Crippen LogP contribution in [0.5, 0.6) is 0 Å². The summed E-state index contributed by atoms with van der Waals surface area (Å²) >= 11 is 12.6. The van der Waals surface area contributed by atoms with E-state index in [2.05, 4.69) is 11.9 Å². The molecule has 22 heavy (non-hydrogen) atoms. The van der Waals surface area contributed by atoms with Gasteiger partial charge in [-0.25, -0.2) is 4.98 Å². The third kappa shape index (κ3) is 3.16. The summed E-state index contributed by atoms with van der Waals surface area (Å²) in [6.07, 6.45) is 2.97. The molecule has 0 aliphatic carbocycles. The minimum Gasteiger partial charge on any atom is -0.399 e. The first-order chi connectivity index (χ1) is 10.1. The molecule has 1 aromatic rings. The third-order valence-corrected chi connectivity index (χ3v) is 5.43. The maximum absolute atomic E-state index is 6.36. The molecule has 1 fully saturated rings. The average molecular weight is 344 g/mol. The molecular formula is C16H24BCl2NO2. The van der Waals surface area contributed by atoms with Gasteiger partial charge in [0.05, 0.1) is 11.2 Å². The Morgan fingerprint density at radius 3 is 2.09 bits per heavy atom. The van der Waals surface area contributed by atoms with Crippen LogP contribution >= 0.6 is 23.2 Å². The maximum Gasteiger partial charge on any atom is 0.495 e. The Balaban J connectivity index is 2.50. The normalized spacial score (nSPS) is 19.7. The van der Waals surface area contributed by atoms with Gasteiger partial charge in [-0.3, -0.25) is 0 Å². The Kier molecular flexibility index (Phi) is 5.18. The van der Waals surface area contributed by atoms with Crippen LogP contribution in [-0.4, -0.2) is 23.3 Å². The lowest BCUT2D eigenvalue weighted by atomic mass is 9.73. The minimum absolute atomic E-state index is 0.394. The van der Waals surface area contributed by atoms with E-state index in [0.29, 0.717) is 10.3 Å². The van der Waals surface area contributed by atoms with E-state index >= 15 is 0 Å². The second kappa shape index (κ2) is 6.31. The molecule has 2 heterocycles. The predicted molar refractivity (Wildman–Crippen MR) is 93.3 cm³/mol. The van der Waals surface area contributed by atoms with Crippen LogP contribution in [0.4, 0.5) is 0 Å². The minimum atomic E-state index is -0.463. The quantitative estimate of drug-likeness (QED) is 0.602. The van der Waals surface area contributed by atoms with Gasteiger partial charge in [-0.15, -0.1) is 0 Å². The van der Waals surface area contributed by atoms with Crippen LogP contribution in [0, 0.1) is 6.92 Å². The summed E-state index contributed by atoms with van der Waals surface area (Å²) in [5.41, 5.74) is 2.03. The molecule has 0 spiro atoms. The highest BCUT2D eigenvalue weighted by molar-refractivity contribution is 6.64. The van der Waals surface area contributed by atoms with Gasteiger partial charge < -0.3 is 9.31 Å². The summed E-state index contributed by atoms with van der Waals surface area (Å²) in [5.74, 6) is 0. The molecule has 0 N–H and O–H groups in total. The van der Waals surface area contributed by atoms with Crippen molar-refractivity contribution in [2.24, 2.45) is 0 Å². The van der Waals surface area contributed by atoms with Gasteiger partial charge in [0.2, 0.25) is 0 Å². The van der Waals surface area contributed by atoms with Crippen LogP contribution in [0.15, 0.2) is 0 Å². The van der Waals surface area contributed by atoms with Crippen molar-refractivity contribution in [2.45, 2.75) is 72.0 Å². The van der Waals surface area contributed by atoms with Crippen molar-refractivity contribution < 1.29 is 9.31 Å². The van der Waals surface area contributed by atoms with E-state index in [1.54, 1.807) is 0 Å². The fraction of sp³-hybridized carbons (Fsp3) is 0.688. The van der Waals surface area contributed by atoms with Gasteiger partial charge >= 0.3 is 7.12 Å². The second-order valence-electron chi connectivity index (χ2n) is 6.90. The Labute approximate surface area is 143 Å². The molecule has 0 amide bonds. The molecule has 1 aliphatic rings. The highest BCUT2D eigenvalue weighted by Crippen LogP contribution is 2.37. The maximum atomic E-state index is 6.36. The lowest BCUT2D eigenvalue weighted by molar-refractivity contribution is 0.00578. The SMILES string of the molecule is CCCCc1c(Cl)nc(Cl)c(C)c1B1OC(C)(C)C(C)(C)O1. The second-order valence-corrected chi connectivity index (χ2v) is 7.62. The fourth-order valence-corrected chi connectivity index (χ4v) is 3.07. The van der Waals surface area contributed by atoms with Crippen molar-refractivity contribution in [3.05, 3.63) is 21.4 Å². The van der Waals surface area contributed by atoms with Gasteiger partial charge in [0, 0.05) is 0 Å². The first kappa shape index (κ1) is 18.1. The molecule has 1 saturated heterocycles. The molecule has 6 heteroatoms. The van der Waals surface area contributed by atoms with E-state index in [0.717, 1.165) is 35.9 Å². The smallest absolute Gasteiger partial charge is 0.399 e. The number of nitrogens with zero attached hydrogens (tertiary/aromatic N) is 1. The summed E-state index contributed by atoms with van der Waals surface area (Å²) in [7, 11) is -0.463. The summed E-state index contributed by atoms with van der Waals surface area (Å²) in [6, 6.07) is 0. The number of rotatable bonds is 4. The van der Waals surface area contributed by atoms with E-state index in [1.807, 2.05) is 34.6 Å². The van der Waals surface area contributed by atoms with Gasteiger partial charge in [-0.2, -0.15) is 0 Å². The molecule has 0 saturated carbocycles. The molecule has 0 radical (unpaired) electrons. The van der Waals surface area contributed by atoms with Crippen molar-refractivity contribution in [3.63, 3.8) is 0 Å². The molecule has 0 unspecified atom stereocenters. The van der Waals surface area contributed by atoms with Crippen LogP contribution in [0.3, 0.4) is 0 Å². The van der Waals surface area contributed by atoms with Gasteiger partial charge in [0.25, 0.3) is 0 Å². The molecular weight excluding hydrogens is 320 g/mol. The molecule has 0 aromatic carbocycles. The highest BCUT2D eigenvalue weighted by Gasteiger charge is 2.52. The predicted octanol–water partition coefficient (Wildman–Crippen LogP) is 4.34. The summed E-state index contributed by atoms with van der Waals surface area (Å²) in [6.45, 7) is 12.3. The van der Waals surface area contributed by atoms with Crippen LogP contribution < -0.4 is 5.46 Å².